The first-order chi connectivity index (χ1) is 13.6. The van der Waals surface area contributed by atoms with Crippen molar-refractivity contribution in [2.45, 2.75) is 32.1 Å². The molecule has 146 valence electrons. The summed E-state index contributed by atoms with van der Waals surface area (Å²) in [6.07, 6.45) is 1.22. The van der Waals surface area contributed by atoms with Gasteiger partial charge in [0.25, 0.3) is 0 Å². The Morgan fingerprint density at radius 2 is 1.96 bits per heavy atom. The number of rotatable bonds is 8. The van der Waals surface area contributed by atoms with Crippen molar-refractivity contribution in [2.75, 3.05) is 5.75 Å². The van der Waals surface area contributed by atoms with Crippen LogP contribution in [0.1, 0.15) is 36.6 Å². The lowest BCUT2D eigenvalue weighted by atomic mass is 10.1. The van der Waals surface area contributed by atoms with Gasteiger partial charge in [-0.3, -0.25) is 4.79 Å². The molecule has 0 spiro atoms. The molecule has 1 aromatic heterocycles. The average molecular weight is 416 g/mol. The van der Waals surface area contributed by atoms with E-state index in [9.17, 15) is 4.79 Å². The number of esters is 1. The van der Waals surface area contributed by atoms with E-state index in [4.69, 9.17) is 20.9 Å². The van der Waals surface area contributed by atoms with Gasteiger partial charge in [0.1, 0.15) is 6.10 Å². The number of aromatic nitrogens is 1. The molecule has 1 unspecified atom stereocenters. The number of hydrogen-bond donors (Lipinski definition) is 0. The molecule has 1 atom stereocenters. The molecule has 6 heteroatoms. The van der Waals surface area contributed by atoms with Crippen molar-refractivity contribution in [3.63, 3.8) is 0 Å². The van der Waals surface area contributed by atoms with E-state index < -0.39 is 6.10 Å². The van der Waals surface area contributed by atoms with Crippen molar-refractivity contribution in [3.8, 4) is 11.3 Å². The monoisotopic (exact) mass is 415 g/mol. The summed E-state index contributed by atoms with van der Waals surface area (Å²) in [5.74, 6) is 2.31. The summed E-state index contributed by atoms with van der Waals surface area (Å²) in [7, 11) is 0. The van der Waals surface area contributed by atoms with Crippen LogP contribution in [-0.4, -0.2) is 16.9 Å². The molecule has 0 saturated heterocycles. The molecule has 0 fully saturated rings. The third kappa shape index (κ3) is 5.18. The molecule has 0 aliphatic carbocycles. The topological polar surface area (TPSA) is 52.3 Å². The minimum Gasteiger partial charge on any atom is -0.457 e. The lowest BCUT2D eigenvalue weighted by Crippen LogP contribution is -2.11. The summed E-state index contributed by atoms with van der Waals surface area (Å²) < 4.78 is 10.9. The molecule has 0 amide bonds. The Bertz CT molecular complexity index is 924. The first-order valence-electron chi connectivity index (χ1n) is 9.13. The molecule has 0 N–H and O–H groups in total. The second kappa shape index (κ2) is 9.80. The van der Waals surface area contributed by atoms with Crippen LogP contribution in [-0.2, 0) is 21.7 Å². The summed E-state index contributed by atoms with van der Waals surface area (Å²) in [6.45, 7) is 3.95. The molecular weight excluding hydrogens is 394 g/mol. The Balaban J connectivity index is 1.66. The number of carbonyl (C=O) groups excluding carboxylic acids is 1. The number of thioether (sulfide) groups is 1. The number of hydrogen-bond acceptors (Lipinski definition) is 5. The van der Waals surface area contributed by atoms with Crippen LogP contribution in [0.3, 0.4) is 0 Å². The van der Waals surface area contributed by atoms with Gasteiger partial charge < -0.3 is 9.26 Å². The molecule has 0 aliphatic heterocycles. The zero-order valence-electron chi connectivity index (χ0n) is 15.9. The van der Waals surface area contributed by atoms with Crippen LogP contribution in [0, 0.1) is 0 Å². The maximum absolute atomic E-state index is 12.4. The van der Waals surface area contributed by atoms with Crippen LogP contribution in [0.15, 0.2) is 59.3 Å². The number of nitrogens with zero attached hydrogens (tertiary/aromatic N) is 1. The highest BCUT2D eigenvalue weighted by Crippen LogP contribution is 2.28. The van der Waals surface area contributed by atoms with Gasteiger partial charge in [0, 0.05) is 27.5 Å². The summed E-state index contributed by atoms with van der Waals surface area (Å²) in [6, 6.07) is 15.5. The Labute approximate surface area is 174 Å². The highest BCUT2D eigenvalue weighted by Gasteiger charge is 2.18. The first kappa shape index (κ1) is 20.5. The van der Waals surface area contributed by atoms with Crippen LogP contribution in [0.25, 0.3) is 11.3 Å². The summed E-state index contributed by atoms with van der Waals surface area (Å²) in [4.78, 5) is 12.4. The Morgan fingerprint density at radius 3 is 2.68 bits per heavy atom. The Morgan fingerprint density at radius 1 is 1.21 bits per heavy atom. The van der Waals surface area contributed by atoms with Crippen molar-refractivity contribution in [3.05, 3.63) is 76.4 Å². The Hall–Kier alpha value is -2.24. The molecular formula is C22H22ClNO3S. The molecule has 0 saturated carbocycles. The maximum Gasteiger partial charge on any atom is 0.311 e. The first-order valence-corrected chi connectivity index (χ1v) is 10.7. The molecule has 3 rings (SSSR count). The van der Waals surface area contributed by atoms with E-state index >= 15 is 0 Å². The molecule has 0 bridgehead atoms. The molecule has 0 aliphatic rings. The summed E-state index contributed by atoms with van der Waals surface area (Å²) >= 11 is 8.05. The molecule has 1 heterocycles. The van der Waals surface area contributed by atoms with Gasteiger partial charge in [-0.1, -0.05) is 66.1 Å². The minimum absolute atomic E-state index is 0.0844. The number of halogens is 1. The predicted octanol–water partition coefficient (Wildman–Crippen LogP) is 6.10. The normalized spacial score (nSPS) is 12.0. The van der Waals surface area contributed by atoms with Gasteiger partial charge in [0.15, 0.2) is 5.76 Å². The summed E-state index contributed by atoms with van der Waals surface area (Å²) in [5, 5.41) is 4.45. The van der Waals surface area contributed by atoms with Gasteiger partial charge >= 0.3 is 5.97 Å². The molecule has 3 aromatic rings. The number of ether oxygens (including phenoxy) is 1. The molecule has 0 radical (unpaired) electrons. The maximum atomic E-state index is 12.4. The van der Waals surface area contributed by atoms with Gasteiger partial charge in [0.05, 0.1) is 12.6 Å². The van der Waals surface area contributed by atoms with Crippen LogP contribution in [0.4, 0.5) is 0 Å². The fourth-order valence-corrected chi connectivity index (χ4v) is 3.78. The van der Waals surface area contributed by atoms with E-state index in [0.717, 1.165) is 22.6 Å². The van der Waals surface area contributed by atoms with Crippen molar-refractivity contribution in [1.82, 2.24) is 5.16 Å². The lowest BCUT2D eigenvalue weighted by Gasteiger charge is -2.14. The molecule has 28 heavy (non-hydrogen) atoms. The van der Waals surface area contributed by atoms with Crippen LogP contribution in [0.2, 0.25) is 5.02 Å². The van der Waals surface area contributed by atoms with Gasteiger partial charge in [-0.25, -0.2) is 0 Å². The SMILES string of the molecule is CCSCc1ccc(-c2oncc2CC(=O)OC(C)c2ccccc2Cl)cc1. The van der Waals surface area contributed by atoms with Gasteiger partial charge in [-0.15, -0.1) is 0 Å². The standard InChI is InChI=1S/C22H22ClNO3S/c1-3-28-14-16-8-10-17(11-9-16)22-18(13-24-27-22)12-21(25)26-15(2)19-6-4-5-7-20(19)23/h4-11,13,15H,3,12,14H2,1-2H3. The molecule has 2 aromatic carbocycles. The van der Waals surface area contributed by atoms with Gasteiger partial charge in [-0.2, -0.15) is 11.8 Å². The van der Waals surface area contributed by atoms with Gasteiger partial charge in [-0.05, 0) is 24.3 Å². The zero-order valence-corrected chi connectivity index (χ0v) is 17.4. The van der Waals surface area contributed by atoms with Crippen molar-refractivity contribution < 1.29 is 14.1 Å². The fourth-order valence-electron chi connectivity index (χ4n) is 2.86. The van der Waals surface area contributed by atoms with Crippen molar-refractivity contribution >= 4 is 29.3 Å². The van der Waals surface area contributed by atoms with Crippen molar-refractivity contribution in [2.24, 2.45) is 0 Å². The average Bonchev–Trinajstić information content (AvgIpc) is 3.15. The zero-order chi connectivity index (χ0) is 19.9. The second-order valence-corrected chi connectivity index (χ2v) is 8.03. The lowest BCUT2D eigenvalue weighted by molar-refractivity contribution is -0.147. The van der Waals surface area contributed by atoms with E-state index in [2.05, 4.69) is 24.2 Å². The molecule has 4 nitrogen and oxygen atoms in total. The van der Waals surface area contributed by atoms with E-state index in [1.165, 1.54) is 5.56 Å². The highest BCUT2D eigenvalue weighted by atomic mass is 35.5. The second-order valence-electron chi connectivity index (χ2n) is 6.34. The van der Waals surface area contributed by atoms with E-state index in [-0.39, 0.29) is 12.4 Å². The van der Waals surface area contributed by atoms with E-state index in [1.54, 1.807) is 19.2 Å². The third-order valence-electron chi connectivity index (χ3n) is 4.32. The van der Waals surface area contributed by atoms with E-state index in [1.807, 2.05) is 42.1 Å². The smallest absolute Gasteiger partial charge is 0.311 e. The highest BCUT2D eigenvalue weighted by molar-refractivity contribution is 7.98. The third-order valence-corrected chi connectivity index (χ3v) is 5.61. The van der Waals surface area contributed by atoms with Crippen LogP contribution < -0.4 is 0 Å². The minimum atomic E-state index is -0.431. The quantitative estimate of drug-likeness (QED) is 0.416. The van der Waals surface area contributed by atoms with Crippen LogP contribution in [0.5, 0.6) is 0 Å². The Kier molecular flexibility index (Phi) is 7.18. The number of benzene rings is 2. The van der Waals surface area contributed by atoms with Gasteiger partial charge in [0.2, 0.25) is 0 Å². The number of carbonyl (C=O) groups is 1. The largest absolute Gasteiger partial charge is 0.457 e. The van der Waals surface area contributed by atoms with Crippen molar-refractivity contribution in [1.29, 1.82) is 0 Å². The van der Waals surface area contributed by atoms with Crippen LogP contribution >= 0.6 is 23.4 Å². The fraction of sp³-hybridized carbons (Fsp3) is 0.273. The van der Waals surface area contributed by atoms with E-state index in [0.29, 0.717) is 16.3 Å². The predicted molar refractivity (Wildman–Crippen MR) is 113 cm³/mol. The summed E-state index contributed by atoms with van der Waals surface area (Å²) in [5.41, 5.74) is 3.63.